The molecule has 1 aromatic heterocycles. The SMILES string of the molecule is Cc1nnc(Sc2c(F)cccc2CNC2CC2)o1. The Morgan fingerprint density at radius 3 is 2.95 bits per heavy atom. The average molecular weight is 279 g/mol. The Kier molecular flexibility index (Phi) is 3.52. The molecule has 1 aromatic carbocycles. The van der Waals surface area contributed by atoms with E-state index in [9.17, 15) is 4.39 Å². The summed E-state index contributed by atoms with van der Waals surface area (Å²) in [6.45, 7) is 2.38. The molecule has 3 rings (SSSR count). The molecule has 1 aliphatic carbocycles. The van der Waals surface area contributed by atoms with E-state index < -0.39 is 0 Å². The molecule has 2 aromatic rings. The molecule has 1 aliphatic rings. The minimum atomic E-state index is -0.254. The van der Waals surface area contributed by atoms with E-state index in [2.05, 4.69) is 15.5 Å². The topological polar surface area (TPSA) is 51.0 Å². The maximum atomic E-state index is 13.9. The van der Waals surface area contributed by atoms with Gasteiger partial charge in [0.25, 0.3) is 5.22 Å². The van der Waals surface area contributed by atoms with Crippen LogP contribution in [0.25, 0.3) is 0 Å². The number of hydrogen-bond acceptors (Lipinski definition) is 5. The molecule has 0 saturated heterocycles. The molecule has 0 bridgehead atoms. The monoisotopic (exact) mass is 279 g/mol. The van der Waals surface area contributed by atoms with Crippen molar-refractivity contribution in [3.05, 3.63) is 35.5 Å². The quantitative estimate of drug-likeness (QED) is 0.912. The molecule has 0 atom stereocenters. The standard InChI is InChI=1S/C13H14FN3OS/c1-8-16-17-13(18-8)19-12-9(3-2-4-11(12)14)7-15-10-5-6-10/h2-4,10,15H,5-7H2,1H3. The van der Waals surface area contributed by atoms with E-state index in [0.29, 0.717) is 28.6 Å². The van der Waals surface area contributed by atoms with Crippen LogP contribution in [0.4, 0.5) is 4.39 Å². The van der Waals surface area contributed by atoms with Crippen LogP contribution >= 0.6 is 11.8 Å². The van der Waals surface area contributed by atoms with E-state index in [1.54, 1.807) is 13.0 Å². The summed E-state index contributed by atoms with van der Waals surface area (Å²) in [5, 5.41) is 11.4. The molecule has 1 heterocycles. The Labute approximate surface area is 114 Å². The summed E-state index contributed by atoms with van der Waals surface area (Å²) in [6, 6.07) is 5.69. The molecule has 1 fully saturated rings. The normalized spacial score (nSPS) is 14.8. The van der Waals surface area contributed by atoms with Crippen LogP contribution in [0.2, 0.25) is 0 Å². The zero-order valence-electron chi connectivity index (χ0n) is 10.5. The first-order valence-corrected chi connectivity index (χ1v) is 7.03. The average Bonchev–Trinajstić information content (AvgIpc) is 3.13. The Hall–Kier alpha value is -1.40. The molecule has 19 heavy (non-hydrogen) atoms. The van der Waals surface area contributed by atoms with Crippen LogP contribution in [0.1, 0.15) is 24.3 Å². The number of rotatable bonds is 5. The van der Waals surface area contributed by atoms with E-state index in [-0.39, 0.29) is 5.82 Å². The van der Waals surface area contributed by atoms with Gasteiger partial charge in [0.2, 0.25) is 5.89 Å². The molecule has 0 unspecified atom stereocenters. The fourth-order valence-corrected chi connectivity index (χ4v) is 2.61. The fourth-order valence-electron chi connectivity index (χ4n) is 1.76. The van der Waals surface area contributed by atoms with Crippen molar-refractivity contribution in [3.8, 4) is 0 Å². The lowest BCUT2D eigenvalue weighted by molar-refractivity contribution is 0.428. The summed E-state index contributed by atoms with van der Waals surface area (Å²) in [5.74, 6) is 0.229. The van der Waals surface area contributed by atoms with Crippen molar-refractivity contribution < 1.29 is 8.81 Å². The number of nitrogens with one attached hydrogen (secondary N) is 1. The van der Waals surface area contributed by atoms with Crippen LogP contribution in [-0.4, -0.2) is 16.2 Å². The first-order valence-electron chi connectivity index (χ1n) is 6.21. The third kappa shape index (κ3) is 3.13. The summed E-state index contributed by atoms with van der Waals surface area (Å²) in [6.07, 6.45) is 2.42. The molecular weight excluding hydrogens is 265 g/mol. The van der Waals surface area contributed by atoms with Crippen molar-refractivity contribution in [2.75, 3.05) is 0 Å². The highest BCUT2D eigenvalue weighted by Gasteiger charge is 2.21. The van der Waals surface area contributed by atoms with Gasteiger partial charge in [-0.05, 0) is 36.2 Å². The first kappa shape index (κ1) is 12.6. The lowest BCUT2D eigenvalue weighted by Gasteiger charge is -2.09. The number of aromatic nitrogens is 2. The Morgan fingerprint density at radius 2 is 2.26 bits per heavy atom. The molecule has 0 radical (unpaired) electrons. The number of aryl methyl sites for hydroxylation is 1. The van der Waals surface area contributed by atoms with Crippen molar-refractivity contribution in [3.63, 3.8) is 0 Å². The van der Waals surface area contributed by atoms with Crippen molar-refractivity contribution in [2.45, 2.75) is 42.5 Å². The van der Waals surface area contributed by atoms with Gasteiger partial charge in [0.1, 0.15) is 5.82 Å². The van der Waals surface area contributed by atoms with E-state index in [0.717, 1.165) is 5.56 Å². The molecule has 0 amide bonds. The summed E-state index contributed by atoms with van der Waals surface area (Å²) < 4.78 is 19.2. The van der Waals surface area contributed by atoms with E-state index >= 15 is 0 Å². The number of hydrogen-bond donors (Lipinski definition) is 1. The van der Waals surface area contributed by atoms with Crippen LogP contribution in [0.15, 0.2) is 32.7 Å². The van der Waals surface area contributed by atoms with Gasteiger partial charge in [0.15, 0.2) is 0 Å². The van der Waals surface area contributed by atoms with E-state index in [1.165, 1.54) is 30.7 Å². The smallest absolute Gasteiger partial charge is 0.281 e. The Balaban J connectivity index is 1.80. The maximum Gasteiger partial charge on any atom is 0.281 e. The van der Waals surface area contributed by atoms with Gasteiger partial charge in [-0.25, -0.2) is 4.39 Å². The lowest BCUT2D eigenvalue weighted by Crippen LogP contribution is -2.16. The molecular formula is C13H14FN3OS. The number of halogens is 1. The second-order valence-electron chi connectivity index (χ2n) is 4.57. The molecule has 0 spiro atoms. The molecule has 1 saturated carbocycles. The van der Waals surface area contributed by atoms with Crippen LogP contribution in [0, 0.1) is 12.7 Å². The van der Waals surface area contributed by atoms with Gasteiger partial charge in [-0.1, -0.05) is 12.1 Å². The van der Waals surface area contributed by atoms with Gasteiger partial charge in [0, 0.05) is 19.5 Å². The van der Waals surface area contributed by atoms with Gasteiger partial charge < -0.3 is 9.73 Å². The van der Waals surface area contributed by atoms with Gasteiger partial charge >= 0.3 is 0 Å². The minimum absolute atomic E-state index is 0.254. The van der Waals surface area contributed by atoms with Crippen molar-refractivity contribution >= 4 is 11.8 Å². The summed E-state index contributed by atoms with van der Waals surface area (Å²) in [7, 11) is 0. The second kappa shape index (κ2) is 5.30. The van der Waals surface area contributed by atoms with Crippen molar-refractivity contribution in [2.24, 2.45) is 0 Å². The van der Waals surface area contributed by atoms with Crippen molar-refractivity contribution in [1.29, 1.82) is 0 Å². The first-order chi connectivity index (χ1) is 9.22. The molecule has 6 heteroatoms. The van der Waals surface area contributed by atoms with Crippen LogP contribution in [-0.2, 0) is 6.54 Å². The summed E-state index contributed by atoms with van der Waals surface area (Å²) >= 11 is 1.18. The fraction of sp³-hybridized carbons (Fsp3) is 0.385. The second-order valence-corrected chi connectivity index (χ2v) is 5.53. The highest BCUT2D eigenvalue weighted by molar-refractivity contribution is 7.99. The summed E-state index contributed by atoms with van der Waals surface area (Å²) in [5.41, 5.74) is 0.924. The van der Waals surface area contributed by atoms with E-state index in [4.69, 9.17) is 4.42 Å². The van der Waals surface area contributed by atoms with Gasteiger partial charge in [-0.15, -0.1) is 10.2 Å². The largest absolute Gasteiger partial charge is 0.416 e. The zero-order valence-corrected chi connectivity index (χ0v) is 11.3. The Bertz CT molecular complexity index is 583. The van der Waals surface area contributed by atoms with Crippen LogP contribution in [0.3, 0.4) is 0 Å². The zero-order chi connectivity index (χ0) is 13.2. The van der Waals surface area contributed by atoms with E-state index in [1.807, 2.05) is 6.07 Å². The predicted octanol–water partition coefficient (Wildman–Crippen LogP) is 2.92. The molecule has 0 aliphatic heterocycles. The molecule has 4 nitrogen and oxygen atoms in total. The highest BCUT2D eigenvalue weighted by Crippen LogP contribution is 2.32. The van der Waals surface area contributed by atoms with Crippen LogP contribution in [0.5, 0.6) is 0 Å². The highest BCUT2D eigenvalue weighted by atomic mass is 32.2. The van der Waals surface area contributed by atoms with Gasteiger partial charge in [0.05, 0.1) is 4.90 Å². The predicted molar refractivity (Wildman–Crippen MR) is 69.4 cm³/mol. The van der Waals surface area contributed by atoms with Crippen molar-refractivity contribution in [1.82, 2.24) is 15.5 Å². The lowest BCUT2D eigenvalue weighted by atomic mass is 10.2. The number of benzene rings is 1. The maximum absolute atomic E-state index is 13.9. The van der Waals surface area contributed by atoms with Gasteiger partial charge in [-0.2, -0.15) is 0 Å². The Morgan fingerprint density at radius 1 is 1.42 bits per heavy atom. The third-order valence-electron chi connectivity index (χ3n) is 2.90. The molecule has 100 valence electrons. The number of nitrogens with zero attached hydrogens (tertiary/aromatic N) is 2. The van der Waals surface area contributed by atoms with Gasteiger partial charge in [-0.3, -0.25) is 0 Å². The third-order valence-corrected chi connectivity index (χ3v) is 3.90. The summed E-state index contributed by atoms with van der Waals surface area (Å²) in [4.78, 5) is 0.555. The molecule has 1 N–H and O–H groups in total. The van der Waals surface area contributed by atoms with Crippen LogP contribution < -0.4 is 5.32 Å². The minimum Gasteiger partial charge on any atom is -0.416 e.